The number of hydrogen-bond acceptors (Lipinski definition) is 4. The summed E-state index contributed by atoms with van der Waals surface area (Å²) in [6, 6.07) is 17.4. The van der Waals surface area contributed by atoms with Gasteiger partial charge in [-0.1, -0.05) is 30.3 Å². The molecule has 5 heteroatoms. The number of aromatic nitrogens is 1. The van der Waals surface area contributed by atoms with Crippen molar-refractivity contribution in [2.45, 2.75) is 6.61 Å². The van der Waals surface area contributed by atoms with E-state index in [2.05, 4.69) is 4.98 Å². The van der Waals surface area contributed by atoms with E-state index in [0.29, 0.717) is 12.3 Å². The van der Waals surface area contributed by atoms with Crippen molar-refractivity contribution in [2.75, 3.05) is 0 Å². The lowest BCUT2D eigenvalue weighted by Gasteiger charge is -2.06. The Kier molecular flexibility index (Phi) is 4.16. The van der Waals surface area contributed by atoms with Crippen LogP contribution in [-0.4, -0.2) is 16.1 Å². The first-order valence-corrected chi connectivity index (χ1v) is 7.56. The highest BCUT2D eigenvalue weighted by atomic mass is 32.1. The maximum absolute atomic E-state index is 10.8. The van der Waals surface area contributed by atoms with Gasteiger partial charge < -0.3 is 9.84 Å². The predicted molar refractivity (Wildman–Crippen MR) is 85.3 cm³/mol. The summed E-state index contributed by atoms with van der Waals surface area (Å²) in [5, 5.41) is 10.7. The lowest BCUT2D eigenvalue weighted by molar-refractivity contribution is 0.0696. The molecule has 1 N–H and O–H groups in total. The SMILES string of the molecule is O=C(O)c1nc(-c2ccc(OCc3ccccc3)cc2)cs1. The van der Waals surface area contributed by atoms with Gasteiger partial charge in [0.15, 0.2) is 0 Å². The number of carboxylic acid groups (broad SMARTS) is 1. The van der Waals surface area contributed by atoms with Crippen LogP contribution in [0.3, 0.4) is 0 Å². The molecular weight excluding hydrogens is 298 g/mol. The van der Waals surface area contributed by atoms with E-state index in [0.717, 1.165) is 28.2 Å². The zero-order valence-electron chi connectivity index (χ0n) is 11.6. The van der Waals surface area contributed by atoms with Crippen LogP contribution in [0.2, 0.25) is 0 Å². The van der Waals surface area contributed by atoms with Gasteiger partial charge in [0.2, 0.25) is 5.01 Å². The molecule has 0 bridgehead atoms. The highest BCUT2D eigenvalue weighted by Crippen LogP contribution is 2.24. The van der Waals surface area contributed by atoms with Crippen molar-refractivity contribution in [2.24, 2.45) is 0 Å². The van der Waals surface area contributed by atoms with Crippen LogP contribution >= 0.6 is 11.3 Å². The van der Waals surface area contributed by atoms with Gasteiger partial charge in [-0.2, -0.15) is 0 Å². The van der Waals surface area contributed by atoms with Crippen LogP contribution in [0.25, 0.3) is 11.3 Å². The van der Waals surface area contributed by atoms with Gasteiger partial charge in [-0.3, -0.25) is 0 Å². The summed E-state index contributed by atoms with van der Waals surface area (Å²) in [4.78, 5) is 14.9. The minimum absolute atomic E-state index is 0.0967. The third-order valence-corrected chi connectivity index (χ3v) is 3.92. The zero-order chi connectivity index (χ0) is 15.4. The zero-order valence-corrected chi connectivity index (χ0v) is 12.4. The standard InChI is InChI=1S/C17H13NO3S/c19-17(20)16-18-15(11-22-16)13-6-8-14(9-7-13)21-10-12-4-2-1-3-5-12/h1-9,11H,10H2,(H,19,20). The summed E-state index contributed by atoms with van der Waals surface area (Å²) in [5.41, 5.74) is 2.64. The van der Waals surface area contributed by atoms with Gasteiger partial charge >= 0.3 is 5.97 Å². The fourth-order valence-electron chi connectivity index (χ4n) is 1.97. The molecular formula is C17H13NO3S. The topological polar surface area (TPSA) is 59.4 Å². The van der Waals surface area contributed by atoms with Gasteiger partial charge in [0.25, 0.3) is 0 Å². The number of hydrogen-bond donors (Lipinski definition) is 1. The minimum atomic E-state index is -1.00. The monoisotopic (exact) mass is 311 g/mol. The van der Waals surface area contributed by atoms with Gasteiger partial charge in [0, 0.05) is 10.9 Å². The van der Waals surface area contributed by atoms with Crippen molar-refractivity contribution < 1.29 is 14.6 Å². The van der Waals surface area contributed by atoms with Gasteiger partial charge in [0.05, 0.1) is 5.69 Å². The fraction of sp³-hybridized carbons (Fsp3) is 0.0588. The van der Waals surface area contributed by atoms with Gasteiger partial charge in [-0.05, 0) is 29.8 Å². The number of ether oxygens (including phenoxy) is 1. The minimum Gasteiger partial charge on any atom is -0.489 e. The van der Waals surface area contributed by atoms with E-state index in [1.165, 1.54) is 0 Å². The van der Waals surface area contributed by atoms with Gasteiger partial charge in [-0.25, -0.2) is 9.78 Å². The molecule has 0 fully saturated rings. The summed E-state index contributed by atoms with van der Waals surface area (Å²) < 4.78 is 5.71. The van der Waals surface area contributed by atoms with Crippen LogP contribution in [0.15, 0.2) is 60.0 Å². The molecule has 0 unspecified atom stereocenters. The van der Waals surface area contributed by atoms with E-state index in [4.69, 9.17) is 9.84 Å². The lowest BCUT2D eigenvalue weighted by Crippen LogP contribution is -1.95. The summed E-state index contributed by atoms with van der Waals surface area (Å²) in [6.07, 6.45) is 0. The number of thiazole rings is 1. The van der Waals surface area contributed by atoms with Crippen LogP contribution in [-0.2, 0) is 6.61 Å². The summed E-state index contributed by atoms with van der Waals surface area (Å²) in [7, 11) is 0. The van der Waals surface area contributed by atoms with E-state index in [1.807, 2.05) is 54.6 Å². The first-order valence-electron chi connectivity index (χ1n) is 6.68. The van der Waals surface area contributed by atoms with Crippen molar-refractivity contribution in [3.8, 4) is 17.0 Å². The highest BCUT2D eigenvalue weighted by Gasteiger charge is 2.10. The van der Waals surface area contributed by atoms with Gasteiger partial charge in [-0.15, -0.1) is 11.3 Å². The second-order valence-electron chi connectivity index (χ2n) is 4.64. The van der Waals surface area contributed by atoms with Gasteiger partial charge in [0.1, 0.15) is 12.4 Å². The normalized spacial score (nSPS) is 10.4. The molecule has 3 aromatic rings. The molecule has 4 nitrogen and oxygen atoms in total. The molecule has 22 heavy (non-hydrogen) atoms. The number of rotatable bonds is 5. The van der Waals surface area contributed by atoms with Crippen LogP contribution in [0.5, 0.6) is 5.75 Å². The molecule has 0 saturated carbocycles. The molecule has 1 heterocycles. The Labute approximate surface area is 131 Å². The molecule has 0 aliphatic heterocycles. The third-order valence-electron chi connectivity index (χ3n) is 3.09. The van der Waals surface area contributed by atoms with E-state index < -0.39 is 5.97 Å². The van der Waals surface area contributed by atoms with Crippen LogP contribution < -0.4 is 4.74 Å². The average molecular weight is 311 g/mol. The first kappa shape index (κ1) is 14.3. The van der Waals surface area contributed by atoms with E-state index in [9.17, 15) is 4.79 Å². The third kappa shape index (κ3) is 3.32. The molecule has 0 radical (unpaired) electrons. The van der Waals surface area contributed by atoms with Crippen molar-refractivity contribution in [3.63, 3.8) is 0 Å². The molecule has 0 atom stereocenters. The number of carbonyl (C=O) groups is 1. The van der Waals surface area contributed by atoms with Crippen molar-refractivity contribution in [3.05, 3.63) is 70.5 Å². The Bertz CT molecular complexity index is 766. The van der Waals surface area contributed by atoms with Crippen LogP contribution in [0, 0.1) is 0 Å². The predicted octanol–water partition coefficient (Wildman–Crippen LogP) is 4.09. The second kappa shape index (κ2) is 6.41. The van der Waals surface area contributed by atoms with E-state index in [-0.39, 0.29) is 5.01 Å². The quantitative estimate of drug-likeness (QED) is 0.771. The molecule has 0 spiro atoms. The van der Waals surface area contributed by atoms with E-state index >= 15 is 0 Å². The molecule has 1 aromatic heterocycles. The molecule has 0 saturated heterocycles. The number of carboxylic acids is 1. The lowest BCUT2D eigenvalue weighted by atomic mass is 10.2. The Balaban J connectivity index is 1.68. The largest absolute Gasteiger partial charge is 0.489 e. The maximum Gasteiger partial charge on any atom is 0.365 e. The molecule has 110 valence electrons. The van der Waals surface area contributed by atoms with Crippen molar-refractivity contribution in [1.82, 2.24) is 4.98 Å². The van der Waals surface area contributed by atoms with Crippen molar-refractivity contribution in [1.29, 1.82) is 0 Å². The summed E-state index contributed by atoms with van der Waals surface area (Å²) >= 11 is 1.12. The summed E-state index contributed by atoms with van der Waals surface area (Å²) in [6.45, 7) is 0.514. The number of benzene rings is 2. The molecule has 0 aliphatic carbocycles. The van der Waals surface area contributed by atoms with Crippen LogP contribution in [0.4, 0.5) is 0 Å². The molecule has 3 rings (SSSR count). The fourth-order valence-corrected chi connectivity index (χ4v) is 2.63. The second-order valence-corrected chi connectivity index (χ2v) is 5.50. The Morgan fingerprint density at radius 2 is 1.82 bits per heavy atom. The highest BCUT2D eigenvalue weighted by molar-refractivity contribution is 7.11. The Hall–Kier alpha value is -2.66. The Morgan fingerprint density at radius 1 is 1.09 bits per heavy atom. The Morgan fingerprint density at radius 3 is 2.45 bits per heavy atom. The van der Waals surface area contributed by atoms with Crippen molar-refractivity contribution >= 4 is 17.3 Å². The first-order chi connectivity index (χ1) is 10.7. The molecule has 2 aromatic carbocycles. The molecule has 0 amide bonds. The molecule has 0 aliphatic rings. The number of aromatic carboxylic acids is 1. The summed E-state index contributed by atoms with van der Waals surface area (Å²) in [5.74, 6) is -0.236. The smallest absolute Gasteiger partial charge is 0.365 e. The van der Waals surface area contributed by atoms with E-state index in [1.54, 1.807) is 5.38 Å². The average Bonchev–Trinajstić information content (AvgIpc) is 3.05. The maximum atomic E-state index is 10.8. The van der Waals surface area contributed by atoms with Crippen LogP contribution in [0.1, 0.15) is 15.4 Å². The number of nitrogens with zero attached hydrogens (tertiary/aromatic N) is 1.